The van der Waals surface area contributed by atoms with Gasteiger partial charge in [0.05, 0.1) is 49.3 Å². The molecule has 42 heavy (non-hydrogen) atoms. The van der Waals surface area contributed by atoms with Gasteiger partial charge in [-0.25, -0.2) is 0 Å². The van der Waals surface area contributed by atoms with E-state index in [0.717, 1.165) is 47.3 Å². The largest absolute Gasteiger partial charge is 0.286 e. The number of rotatable bonds is 0. The molecule has 9 aliphatic rings. The Labute approximate surface area is 279 Å². The Hall–Kier alpha value is 0.901. The van der Waals surface area contributed by atoms with Crippen molar-refractivity contribution in [2.24, 2.45) is 47.3 Å². The summed E-state index contributed by atoms with van der Waals surface area (Å²) < 4.78 is 0. The SMILES string of the molecule is C1CCC2C3NC(NC4NC(NC5NC(NC6NC(N3)C3CCCCC63)C3CCCCC53)C3CCCCC43)C2C1.[Co].[Ti]. The molecule has 5 saturated heterocycles. The number of hydrogen-bond donors (Lipinski definition) is 8. The first kappa shape index (κ1) is 31.5. The Kier molecular flexibility index (Phi) is 9.89. The van der Waals surface area contributed by atoms with Gasteiger partial charge in [-0.05, 0) is 98.7 Å². The van der Waals surface area contributed by atoms with Crippen LogP contribution in [0.15, 0.2) is 0 Å². The number of hydrogen-bond acceptors (Lipinski definition) is 8. The van der Waals surface area contributed by atoms with Crippen molar-refractivity contribution in [3.05, 3.63) is 0 Å². The van der Waals surface area contributed by atoms with E-state index in [4.69, 9.17) is 0 Å². The molecular weight excluding hydrogens is 603 g/mol. The zero-order valence-corrected chi connectivity index (χ0v) is 28.0. The van der Waals surface area contributed by atoms with Crippen molar-refractivity contribution in [2.45, 2.75) is 152 Å². The molecule has 237 valence electrons. The van der Waals surface area contributed by atoms with E-state index in [9.17, 15) is 0 Å². The summed E-state index contributed by atoms with van der Waals surface area (Å²) in [7, 11) is 0. The van der Waals surface area contributed by atoms with E-state index in [1.807, 2.05) is 0 Å². The third kappa shape index (κ3) is 5.49. The molecule has 9 rings (SSSR count). The predicted octanol–water partition coefficient (Wildman–Crippen LogP) is 2.60. The van der Waals surface area contributed by atoms with E-state index in [1.54, 1.807) is 0 Å². The molecule has 8 N–H and O–H groups in total. The van der Waals surface area contributed by atoms with Crippen molar-refractivity contribution in [3.63, 3.8) is 0 Å². The molecule has 8 bridgehead atoms. The first-order valence-electron chi connectivity index (χ1n) is 17.9. The molecule has 4 aliphatic carbocycles. The second-order valence-electron chi connectivity index (χ2n) is 15.6. The van der Waals surface area contributed by atoms with Crippen molar-refractivity contribution in [2.75, 3.05) is 0 Å². The zero-order chi connectivity index (χ0) is 26.2. The normalized spacial score (nSPS) is 54.9. The molecule has 1 radical (unpaired) electrons. The van der Waals surface area contributed by atoms with Crippen LogP contribution in [0.2, 0.25) is 0 Å². The first-order valence-corrected chi connectivity index (χ1v) is 17.9. The summed E-state index contributed by atoms with van der Waals surface area (Å²) in [5, 5.41) is 33.8. The van der Waals surface area contributed by atoms with Gasteiger partial charge in [-0.2, -0.15) is 0 Å². The fourth-order valence-corrected chi connectivity index (χ4v) is 12.0. The summed E-state index contributed by atoms with van der Waals surface area (Å²) >= 11 is 0. The van der Waals surface area contributed by atoms with Crippen molar-refractivity contribution < 1.29 is 38.5 Å². The average Bonchev–Trinajstić information content (AvgIpc) is 3.73. The predicted molar refractivity (Wildman–Crippen MR) is 157 cm³/mol. The quantitative estimate of drug-likeness (QED) is 0.188. The number of nitrogens with one attached hydrogen (secondary N) is 8. The summed E-state index contributed by atoms with van der Waals surface area (Å²) in [6, 6.07) is 0. The third-order valence-corrected chi connectivity index (χ3v) is 13.8. The summed E-state index contributed by atoms with van der Waals surface area (Å²) in [5.41, 5.74) is 0. The maximum atomic E-state index is 4.26. The molecule has 0 amide bonds. The molecule has 5 aliphatic heterocycles. The van der Waals surface area contributed by atoms with Crippen LogP contribution >= 0.6 is 0 Å². The van der Waals surface area contributed by atoms with Crippen LogP contribution < -0.4 is 42.5 Å². The van der Waals surface area contributed by atoms with Crippen LogP contribution in [-0.2, 0) is 38.5 Å². The van der Waals surface area contributed by atoms with Crippen molar-refractivity contribution >= 4 is 0 Å². The molecule has 8 atom stereocenters. The molecule has 0 aromatic carbocycles. The minimum absolute atomic E-state index is 0. The molecule has 4 saturated carbocycles. The van der Waals surface area contributed by atoms with Crippen LogP contribution in [0.4, 0.5) is 0 Å². The second kappa shape index (κ2) is 13.2. The topological polar surface area (TPSA) is 96.2 Å². The minimum atomic E-state index is 0. The van der Waals surface area contributed by atoms with Gasteiger partial charge in [-0.1, -0.05) is 51.4 Å². The fourth-order valence-electron chi connectivity index (χ4n) is 12.0. The van der Waals surface area contributed by atoms with E-state index in [1.165, 1.54) is 103 Å². The van der Waals surface area contributed by atoms with Gasteiger partial charge < -0.3 is 0 Å². The summed E-state index contributed by atoms with van der Waals surface area (Å²) in [6.45, 7) is 0. The van der Waals surface area contributed by atoms with Gasteiger partial charge in [0.1, 0.15) is 0 Å². The molecular formula is C32H56CoN8Ti. The Balaban J connectivity index is 0.00000144. The number of fused-ring (bicyclic) bond motifs is 20. The van der Waals surface area contributed by atoms with Crippen LogP contribution in [-0.4, -0.2) is 49.3 Å². The molecule has 0 aromatic rings. The van der Waals surface area contributed by atoms with Crippen LogP contribution in [0.3, 0.4) is 0 Å². The van der Waals surface area contributed by atoms with Crippen molar-refractivity contribution in [1.29, 1.82) is 0 Å². The van der Waals surface area contributed by atoms with Gasteiger partial charge in [0.25, 0.3) is 0 Å². The summed E-state index contributed by atoms with van der Waals surface area (Å²) in [6.07, 6.45) is 25.6. The first-order chi connectivity index (χ1) is 19.8. The molecule has 8 nitrogen and oxygen atoms in total. The van der Waals surface area contributed by atoms with Gasteiger partial charge in [0, 0.05) is 38.5 Å². The van der Waals surface area contributed by atoms with E-state index >= 15 is 0 Å². The van der Waals surface area contributed by atoms with Crippen LogP contribution in [0.1, 0.15) is 103 Å². The Bertz CT molecular complexity index is 723. The molecule has 5 heterocycles. The van der Waals surface area contributed by atoms with Gasteiger partial charge >= 0.3 is 0 Å². The maximum Gasteiger partial charge on any atom is 0.0628 e. The van der Waals surface area contributed by atoms with E-state index in [-0.39, 0.29) is 38.5 Å². The third-order valence-electron chi connectivity index (χ3n) is 13.8. The van der Waals surface area contributed by atoms with E-state index < -0.39 is 0 Å². The maximum absolute atomic E-state index is 4.26. The van der Waals surface area contributed by atoms with E-state index in [2.05, 4.69) is 42.5 Å². The average molecular weight is 660 g/mol. The monoisotopic (exact) mass is 659 g/mol. The molecule has 0 spiro atoms. The van der Waals surface area contributed by atoms with Crippen LogP contribution in [0.25, 0.3) is 0 Å². The molecule has 10 heteroatoms. The Morgan fingerprint density at radius 3 is 0.476 bits per heavy atom. The van der Waals surface area contributed by atoms with Gasteiger partial charge in [-0.15, -0.1) is 0 Å². The smallest absolute Gasteiger partial charge is 0.0628 e. The standard InChI is InChI=1S/C32H56N8.Co.Ti/c1-2-10-18-17(9-1)25-33-26(18)38-28-21-13-5-6-14-22(21)30(35-28)40-32-24-16-8-7-15-23(24)31(36-32)39-29-20-12-4-3-11-19(20)27(34-29)37-25;;/h17-40H,1-16H2;;. The van der Waals surface area contributed by atoms with Crippen LogP contribution in [0, 0.1) is 47.3 Å². The van der Waals surface area contributed by atoms with E-state index in [0.29, 0.717) is 49.3 Å². The Morgan fingerprint density at radius 1 is 0.238 bits per heavy atom. The zero-order valence-electron chi connectivity index (χ0n) is 25.4. The fraction of sp³-hybridized carbons (Fsp3) is 1.00. The summed E-state index contributed by atoms with van der Waals surface area (Å²) in [5.74, 6) is 5.97. The molecule has 9 fully saturated rings. The molecule has 8 unspecified atom stereocenters. The van der Waals surface area contributed by atoms with Gasteiger partial charge in [0.2, 0.25) is 0 Å². The van der Waals surface area contributed by atoms with Crippen molar-refractivity contribution in [1.82, 2.24) is 42.5 Å². The Morgan fingerprint density at radius 2 is 0.357 bits per heavy atom. The van der Waals surface area contributed by atoms with Gasteiger partial charge in [-0.3, -0.25) is 42.5 Å². The minimum Gasteiger partial charge on any atom is -0.286 e. The van der Waals surface area contributed by atoms with Gasteiger partial charge in [0.15, 0.2) is 0 Å². The second-order valence-corrected chi connectivity index (χ2v) is 15.6. The summed E-state index contributed by atoms with van der Waals surface area (Å²) in [4.78, 5) is 0. The molecule has 0 aromatic heterocycles. The van der Waals surface area contributed by atoms with Crippen molar-refractivity contribution in [3.8, 4) is 0 Å². The van der Waals surface area contributed by atoms with Crippen LogP contribution in [0.5, 0.6) is 0 Å².